The van der Waals surface area contributed by atoms with Crippen LogP contribution in [0.15, 0.2) is 67.0 Å². The lowest BCUT2D eigenvalue weighted by molar-refractivity contribution is 0.0580. The molecule has 200 valence electrons. The van der Waals surface area contributed by atoms with Crippen LogP contribution in [0.3, 0.4) is 0 Å². The van der Waals surface area contributed by atoms with Gasteiger partial charge in [-0.2, -0.15) is 0 Å². The van der Waals surface area contributed by atoms with Crippen molar-refractivity contribution in [2.45, 2.75) is 52.6 Å². The highest BCUT2D eigenvalue weighted by molar-refractivity contribution is 6.07. The molecule has 0 atom stereocenters. The maximum absolute atomic E-state index is 13.2. The molecular formula is C30H37N5O3. The molecule has 2 aromatic heterocycles. The van der Waals surface area contributed by atoms with Gasteiger partial charge < -0.3 is 15.0 Å². The first-order valence-electron chi connectivity index (χ1n) is 13.2. The number of hydrogen-bond acceptors (Lipinski definition) is 6. The summed E-state index contributed by atoms with van der Waals surface area (Å²) in [5, 5.41) is 2.99. The van der Waals surface area contributed by atoms with Gasteiger partial charge in [-0.25, -0.2) is 9.78 Å². The topological polar surface area (TPSA) is 87.7 Å². The smallest absolute Gasteiger partial charge is 0.414 e. The van der Waals surface area contributed by atoms with Crippen LogP contribution in [0.4, 0.5) is 22.0 Å². The molecule has 1 N–H and O–H groups in total. The minimum absolute atomic E-state index is 0.210. The fourth-order valence-electron chi connectivity index (χ4n) is 4.38. The van der Waals surface area contributed by atoms with E-state index in [-0.39, 0.29) is 5.91 Å². The quantitative estimate of drug-likeness (QED) is 0.418. The maximum Gasteiger partial charge on any atom is 0.414 e. The summed E-state index contributed by atoms with van der Waals surface area (Å²) < 4.78 is 5.66. The van der Waals surface area contributed by atoms with E-state index in [0.29, 0.717) is 35.8 Å². The SMILES string of the molecule is CC1CCN(c2ncccc2C(=O)Nc2ccc(N(CCc3ccccn3)C(=O)OC(C)(C)C)cc2)CC1. The highest BCUT2D eigenvalue weighted by Gasteiger charge is 2.24. The van der Waals surface area contributed by atoms with Crippen LogP contribution in [0.2, 0.25) is 0 Å². The predicted octanol–water partition coefficient (Wildman–Crippen LogP) is 5.95. The van der Waals surface area contributed by atoms with E-state index in [1.54, 1.807) is 35.5 Å². The van der Waals surface area contributed by atoms with Crippen molar-refractivity contribution in [1.82, 2.24) is 9.97 Å². The van der Waals surface area contributed by atoms with Gasteiger partial charge in [0.2, 0.25) is 0 Å². The normalized spacial score (nSPS) is 14.2. The van der Waals surface area contributed by atoms with Gasteiger partial charge in [-0.1, -0.05) is 13.0 Å². The number of anilines is 3. The van der Waals surface area contributed by atoms with Crippen molar-refractivity contribution in [1.29, 1.82) is 0 Å². The molecule has 0 radical (unpaired) electrons. The van der Waals surface area contributed by atoms with Gasteiger partial charge >= 0.3 is 6.09 Å². The lowest BCUT2D eigenvalue weighted by atomic mass is 9.99. The highest BCUT2D eigenvalue weighted by atomic mass is 16.6. The minimum atomic E-state index is -0.623. The molecule has 0 saturated carbocycles. The number of ether oxygens (including phenoxy) is 1. The number of carbonyl (C=O) groups is 2. The molecule has 2 amide bonds. The number of nitrogens with zero attached hydrogens (tertiary/aromatic N) is 4. The van der Waals surface area contributed by atoms with Crippen LogP contribution >= 0.6 is 0 Å². The molecule has 3 aromatic rings. The molecule has 3 heterocycles. The summed E-state index contributed by atoms with van der Waals surface area (Å²) in [6.07, 6.45) is 5.80. The summed E-state index contributed by atoms with van der Waals surface area (Å²) in [5.74, 6) is 1.20. The molecule has 0 spiro atoms. The summed E-state index contributed by atoms with van der Waals surface area (Å²) >= 11 is 0. The van der Waals surface area contributed by atoms with Gasteiger partial charge in [-0.3, -0.25) is 14.7 Å². The molecule has 0 aliphatic carbocycles. The zero-order valence-electron chi connectivity index (χ0n) is 22.7. The van der Waals surface area contributed by atoms with Crippen molar-refractivity contribution in [3.05, 3.63) is 78.2 Å². The lowest BCUT2D eigenvalue weighted by Crippen LogP contribution is -2.38. The average Bonchev–Trinajstić information content (AvgIpc) is 2.90. The second-order valence-corrected chi connectivity index (χ2v) is 10.7. The third-order valence-corrected chi connectivity index (χ3v) is 6.48. The predicted molar refractivity (Wildman–Crippen MR) is 151 cm³/mol. The van der Waals surface area contributed by atoms with Crippen molar-refractivity contribution in [3.8, 4) is 0 Å². The summed E-state index contributed by atoms with van der Waals surface area (Å²) in [6, 6.07) is 16.5. The second-order valence-electron chi connectivity index (χ2n) is 10.7. The molecule has 1 saturated heterocycles. The Balaban J connectivity index is 1.48. The van der Waals surface area contributed by atoms with Crippen LogP contribution in [-0.4, -0.2) is 47.2 Å². The van der Waals surface area contributed by atoms with Crippen LogP contribution in [-0.2, 0) is 11.2 Å². The van der Waals surface area contributed by atoms with Crippen LogP contribution in [0.5, 0.6) is 0 Å². The number of piperidine rings is 1. The molecule has 1 fully saturated rings. The van der Waals surface area contributed by atoms with Gasteiger partial charge in [0.15, 0.2) is 0 Å². The number of rotatable bonds is 7. The van der Waals surface area contributed by atoms with E-state index in [0.717, 1.165) is 37.4 Å². The number of carbonyl (C=O) groups excluding carboxylic acids is 2. The van der Waals surface area contributed by atoms with Crippen LogP contribution in [0.1, 0.15) is 56.6 Å². The molecular weight excluding hydrogens is 478 g/mol. The molecule has 4 rings (SSSR count). The molecule has 1 aliphatic heterocycles. The zero-order valence-corrected chi connectivity index (χ0v) is 22.7. The van der Waals surface area contributed by atoms with Gasteiger partial charge in [-0.05, 0) is 88.1 Å². The van der Waals surface area contributed by atoms with E-state index in [2.05, 4.69) is 27.1 Å². The summed E-state index contributed by atoms with van der Waals surface area (Å²) in [5.41, 5.74) is 2.13. The Bertz CT molecular complexity index is 1220. The first-order valence-corrected chi connectivity index (χ1v) is 13.2. The maximum atomic E-state index is 13.2. The van der Waals surface area contributed by atoms with Crippen molar-refractivity contribution in [3.63, 3.8) is 0 Å². The van der Waals surface area contributed by atoms with Crippen LogP contribution < -0.4 is 15.1 Å². The molecule has 0 unspecified atom stereocenters. The zero-order chi connectivity index (χ0) is 27.1. The molecule has 38 heavy (non-hydrogen) atoms. The number of benzene rings is 1. The average molecular weight is 516 g/mol. The first-order chi connectivity index (χ1) is 18.2. The van der Waals surface area contributed by atoms with E-state index in [1.807, 2.05) is 57.2 Å². The summed E-state index contributed by atoms with van der Waals surface area (Å²) in [4.78, 5) is 38.9. The van der Waals surface area contributed by atoms with Gasteiger partial charge in [0.25, 0.3) is 5.91 Å². The second kappa shape index (κ2) is 12.1. The van der Waals surface area contributed by atoms with E-state index < -0.39 is 11.7 Å². The monoisotopic (exact) mass is 515 g/mol. The molecule has 1 aromatic carbocycles. The molecule has 8 heteroatoms. The Labute approximate surface area is 225 Å². The van der Waals surface area contributed by atoms with Crippen LogP contribution in [0.25, 0.3) is 0 Å². The van der Waals surface area contributed by atoms with Gasteiger partial charge in [0, 0.05) is 55.5 Å². The van der Waals surface area contributed by atoms with Crippen molar-refractivity contribution >= 4 is 29.2 Å². The lowest BCUT2D eigenvalue weighted by Gasteiger charge is -2.32. The van der Waals surface area contributed by atoms with E-state index in [1.165, 1.54) is 0 Å². The Morgan fingerprint density at radius 1 is 1.00 bits per heavy atom. The highest BCUT2D eigenvalue weighted by Crippen LogP contribution is 2.26. The summed E-state index contributed by atoms with van der Waals surface area (Å²) in [6.45, 7) is 9.99. The summed E-state index contributed by atoms with van der Waals surface area (Å²) in [7, 11) is 0. The Kier molecular flexibility index (Phi) is 8.61. The van der Waals surface area contributed by atoms with E-state index in [4.69, 9.17) is 4.74 Å². The number of hydrogen-bond donors (Lipinski definition) is 1. The van der Waals surface area contributed by atoms with Gasteiger partial charge in [0.05, 0.1) is 5.56 Å². The molecule has 8 nitrogen and oxygen atoms in total. The van der Waals surface area contributed by atoms with Gasteiger partial charge in [0.1, 0.15) is 11.4 Å². The van der Waals surface area contributed by atoms with Gasteiger partial charge in [-0.15, -0.1) is 0 Å². The fourth-order valence-corrected chi connectivity index (χ4v) is 4.38. The third-order valence-electron chi connectivity index (χ3n) is 6.48. The van der Waals surface area contributed by atoms with E-state index in [9.17, 15) is 9.59 Å². The van der Waals surface area contributed by atoms with Crippen molar-refractivity contribution in [2.75, 3.05) is 34.8 Å². The number of amides is 2. The Morgan fingerprint density at radius 2 is 1.71 bits per heavy atom. The molecule has 1 aliphatic rings. The van der Waals surface area contributed by atoms with E-state index >= 15 is 0 Å². The largest absolute Gasteiger partial charge is 0.443 e. The van der Waals surface area contributed by atoms with Crippen molar-refractivity contribution < 1.29 is 14.3 Å². The number of pyridine rings is 2. The Morgan fingerprint density at radius 3 is 2.37 bits per heavy atom. The number of aromatic nitrogens is 2. The third kappa shape index (κ3) is 7.31. The number of nitrogens with one attached hydrogen (secondary N) is 1. The standard InChI is InChI=1S/C30H37N5O3/c1-22-14-19-34(20-15-22)27-26(9-7-18-32-27)28(36)33-24-10-12-25(13-11-24)35(29(37)38-30(2,3)4)21-16-23-8-5-6-17-31-23/h5-13,17-18,22H,14-16,19-21H2,1-4H3,(H,33,36). The fraction of sp³-hybridized carbons (Fsp3) is 0.400. The van der Waals surface area contributed by atoms with Crippen LogP contribution in [0, 0.1) is 5.92 Å². The first kappa shape index (κ1) is 27.1. The molecule has 0 bridgehead atoms. The Hall–Kier alpha value is -3.94. The minimum Gasteiger partial charge on any atom is -0.443 e. The van der Waals surface area contributed by atoms with Crippen molar-refractivity contribution in [2.24, 2.45) is 5.92 Å².